The van der Waals surface area contributed by atoms with E-state index in [-0.39, 0.29) is 18.8 Å². The van der Waals surface area contributed by atoms with Gasteiger partial charge in [-0.2, -0.15) is 0 Å². The number of ether oxygens (including phenoxy) is 1. The van der Waals surface area contributed by atoms with Gasteiger partial charge in [-0.05, 0) is 31.0 Å². The van der Waals surface area contributed by atoms with E-state index in [2.05, 4.69) is 39.5 Å². The van der Waals surface area contributed by atoms with E-state index in [1.807, 2.05) is 13.0 Å². The molecule has 0 bridgehead atoms. The number of nitrogens with zero attached hydrogens (tertiary/aromatic N) is 3. The molecule has 1 heterocycles. The van der Waals surface area contributed by atoms with E-state index < -0.39 is 11.0 Å². The largest absolute Gasteiger partial charge is 0.491 e. The number of hydrogen-bond acceptors (Lipinski definition) is 5. The first-order chi connectivity index (χ1) is 14.6. The Bertz CT molecular complexity index is 842. The van der Waals surface area contributed by atoms with E-state index in [1.54, 1.807) is 0 Å². The zero-order chi connectivity index (χ0) is 21.3. The van der Waals surface area contributed by atoms with Crippen molar-refractivity contribution in [3.8, 4) is 5.75 Å². The van der Waals surface area contributed by atoms with Crippen LogP contribution in [0.25, 0.3) is 0 Å². The van der Waals surface area contributed by atoms with Crippen LogP contribution >= 0.6 is 0 Å². The molecule has 8 heteroatoms. The third-order valence-corrected chi connectivity index (χ3v) is 5.04. The van der Waals surface area contributed by atoms with E-state index in [0.29, 0.717) is 11.7 Å². The van der Waals surface area contributed by atoms with Gasteiger partial charge in [0, 0.05) is 37.7 Å². The first-order valence-electron chi connectivity index (χ1n) is 10.2. The highest BCUT2D eigenvalue weighted by atomic mass is 16.6. The van der Waals surface area contributed by atoms with Crippen molar-refractivity contribution in [2.75, 3.05) is 32.8 Å². The lowest BCUT2D eigenvalue weighted by Crippen LogP contribution is -2.40. The summed E-state index contributed by atoms with van der Waals surface area (Å²) in [4.78, 5) is 17.0. The van der Waals surface area contributed by atoms with Crippen molar-refractivity contribution in [2.45, 2.75) is 25.4 Å². The number of benzene rings is 2. The molecule has 2 unspecified atom stereocenters. The van der Waals surface area contributed by atoms with Crippen molar-refractivity contribution >= 4 is 11.6 Å². The summed E-state index contributed by atoms with van der Waals surface area (Å²) < 4.78 is 5.52. The van der Waals surface area contributed by atoms with E-state index in [0.717, 1.165) is 32.0 Å². The molecule has 0 radical (unpaired) electrons. The summed E-state index contributed by atoms with van der Waals surface area (Å²) >= 11 is 0. The number of non-ortho nitro benzene ring substituents is 1. The fraction of sp³-hybridized carbons (Fsp3) is 0.409. The fourth-order valence-corrected chi connectivity index (χ4v) is 3.48. The van der Waals surface area contributed by atoms with Gasteiger partial charge >= 0.3 is 0 Å². The SMILES string of the molecule is CCNC(=NCC(O)COc1ccc([N+](=O)[O-])cc1)N1CCC(c2ccccc2)C1. The molecule has 3 rings (SSSR count). The Labute approximate surface area is 176 Å². The van der Waals surface area contributed by atoms with Crippen LogP contribution in [0.4, 0.5) is 5.69 Å². The maximum atomic E-state index is 10.7. The molecule has 1 fully saturated rings. The van der Waals surface area contributed by atoms with Gasteiger partial charge < -0.3 is 20.1 Å². The first kappa shape index (κ1) is 21.6. The lowest BCUT2D eigenvalue weighted by atomic mass is 9.99. The molecule has 8 nitrogen and oxygen atoms in total. The highest BCUT2D eigenvalue weighted by Gasteiger charge is 2.26. The highest BCUT2D eigenvalue weighted by molar-refractivity contribution is 5.80. The van der Waals surface area contributed by atoms with Gasteiger partial charge in [-0.15, -0.1) is 0 Å². The van der Waals surface area contributed by atoms with Crippen LogP contribution in [0.3, 0.4) is 0 Å². The number of aliphatic hydroxyl groups excluding tert-OH is 1. The molecule has 0 aromatic heterocycles. The maximum Gasteiger partial charge on any atom is 0.269 e. The van der Waals surface area contributed by atoms with Crippen molar-refractivity contribution in [3.63, 3.8) is 0 Å². The topological polar surface area (TPSA) is 100 Å². The Hall–Kier alpha value is -3.13. The van der Waals surface area contributed by atoms with Crippen LogP contribution in [0, 0.1) is 10.1 Å². The van der Waals surface area contributed by atoms with Gasteiger partial charge in [-0.1, -0.05) is 30.3 Å². The van der Waals surface area contributed by atoms with E-state index in [4.69, 9.17) is 4.74 Å². The predicted octanol–water partition coefficient (Wildman–Crippen LogP) is 2.79. The normalized spacial score (nSPS) is 17.6. The van der Waals surface area contributed by atoms with Crippen LogP contribution in [0.5, 0.6) is 5.75 Å². The molecule has 0 spiro atoms. The minimum atomic E-state index is -0.777. The van der Waals surface area contributed by atoms with Gasteiger partial charge in [-0.3, -0.25) is 15.1 Å². The second kappa shape index (κ2) is 10.6. The lowest BCUT2D eigenvalue weighted by Gasteiger charge is -2.22. The Balaban J connectivity index is 1.52. The molecule has 0 aliphatic carbocycles. The zero-order valence-corrected chi connectivity index (χ0v) is 17.1. The van der Waals surface area contributed by atoms with Crippen LogP contribution in [-0.4, -0.2) is 59.8 Å². The molecule has 0 saturated carbocycles. The summed E-state index contributed by atoms with van der Waals surface area (Å²) in [5.74, 6) is 1.75. The number of hydrogen-bond donors (Lipinski definition) is 2. The molecule has 1 aliphatic heterocycles. The van der Waals surface area contributed by atoms with Crippen molar-refractivity contribution in [2.24, 2.45) is 4.99 Å². The van der Waals surface area contributed by atoms with Crippen molar-refractivity contribution in [3.05, 3.63) is 70.3 Å². The molecule has 2 aromatic carbocycles. The average Bonchev–Trinajstić information content (AvgIpc) is 3.26. The number of nitro groups is 1. The van der Waals surface area contributed by atoms with Gasteiger partial charge in [0.2, 0.25) is 0 Å². The molecule has 160 valence electrons. The number of guanidine groups is 1. The minimum Gasteiger partial charge on any atom is -0.491 e. The number of likely N-dealkylation sites (tertiary alicyclic amines) is 1. The van der Waals surface area contributed by atoms with Gasteiger partial charge in [0.25, 0.3) is 5.69 Å². The van der Waals surface area contributed by atoms with Crippen molar-refractivity contribution in [1.29, 1.82) is 0 Å². The van der Waals surface area contributed by atoms with Gasteiger partial charge in [-0.25, -0.2) is 0 Å². The van der Waals surface area contributed by atoms with E-state index in [1.165, 1.54) is 29.8 Å². The number of aliphatic imine (C=N–C) groups is 1. The molecule has 2 atom stereocenters. The number of rotatable bonds is 8. The number of nitrogens with one attached hydrogen (secondary N) is 1. The standard InChI is InChI=1S/C22H28N4O4/c1-2-23-22(25-13-12-18(15-25)17-6-4-3-5-7-17)24-14-20(27)16-30-21-10-8-19(9-11-21)26(28)29/h3-11,18,20,27H,2,12-16H2,1H3,(H,23,24). The van der Waals surface area contributed by atoms with Crippen LogP contribution in [0.2, 0.25) is 0 Å². The first-order valence-corrected chi connectivity index (χ1v) is 10.2. The summed E-state index contributed by atoms with van der Waals surface area (Å²) in [5.41, 5.74) is 1.34. The zero-order valence-electron chi connectivity index (χ0n) is 17.1. The van der Waals surface area contributed by atoms with E-state index in [9.17, 15) is 15.2 Å². The van der Waals surface area contributed by atoms with Crippen LogP contribution in [-0.2, 0) is 0 Å². The van der Waals surface area contributed by atoms with Crippen LogP contribution < -0.4 is 10.1 Å². The summed E-state index contributed by atoms with van der Waals surface area (Å²) in [5, 5.41) is 24.2. The number of aliphatic hydroxyl groups is 1. The summed E-state index contributed by atoms with van der Waals surface area (Å²) in [6.45, 7) is 4.86. The van der Waals surface area contributed by atoms with Gasteiger partial charge in [0.15, 0.2) is 5.96 Å². The van der Waals surface area contributed by atoms with Gasteiger partial charge in [0.05, 0.1) is 11.5 Å². The summed E-state index contributed by atoms with van der Waals surface area (Å²) in [6.07, 6.45) is 0.293. The Kier molecular flexibility index (Phi) is 7.62. The van der Waals surface area contributed by atoms with Crippen molar-refractivity contribution < 1.29 is 14.8 Å². The monoisotopic (exact) mass is 412 g/mol. The van der Waals surface area contributed by atoms with Crippen LogP contribution in [0.1, 0.15) is 24.8 Å². The smallest absolute Gasteiger partial charge is 0.269 e. The third-order valence-electron chi connectivity index (χ3n) is 5.04. The molecule has 1 aliphatic rings. The van der Waals surface area contributed by atoms with Crippen LogP contribution in [0.15, 0.2) is 59.6 Å². The lowest BCUT2D eigenvalue weighted by molar-refractivity contribution is -0.384. The molecule has 2 N–H and O–H groups in total. The number of nitro benzene ring substituents is 1. The molecule has 30 heavy (non-hydrogen) atoms. The second-order valence-corrected chi connectivity index (χ2v) is 7.25. The summed E-state index contributed by atoms with van der Waals surface area (Å²) in [6, 6.07) is 16.3. The Morgan fingerprint density at radius 3 is 2.70 bits per heavy atom. The average molecular weight is 412 g/mol. The van der Waals surface area contributed by atoms with Crippen molar-refractivity contribution in [1.82, 2.24) is 10.2 Å². The second-order valence-electron chi connectivity index (χ2n) is 7.25. The minimum absolute atomic E-state index is 0.00204. The molecular weight excluding hydrogens is 384 g/mol. The molecular formula is C22H28N4O4. The third kappa shape index (κ3) is 5.93. The fourth-order valence-electron chi connectivity index (χ4n) is 3.48. The van der Waals surface area contributed by atoms with Gasteiger partial charge in [0.1, 0.15) is 18.5 Å². The Morgan fingerprint density at radius 2 is 2.03 bits per heavy atom. The van der Waals surface area contributed by atoms with E-state index >= 15 is 0 Å². The molecule has 1 saturated heterocycles. The predicted molar refractivity (Wildman–Crippen MR) is 116 cm³/mol. The summed E-state index contributed by atoms with van der Waals surface area (Å²) in [7, 11) is 0. The molecule has 2 aromatic rings. The molecule has 0 amide bonds. The quantitative estimate of drug-likeness (QED) is 0.299. The highest BCUT2D eigenvalue weighted by Crippen LogP contribution is 2.26. The maximum absolute atomic E-state index is 10.7. The Morgan fingerprint density at radius 1 is 1.30 bits per heavy atom.